The summed E-state index contributed by atoms with van der Waals surface area (Å²) in [7, 11) is 3.94. The van der Waals surface area contributed by atoms with E-state index < -0.39 is 0 Å². The first-order valence-corrected chi connectivity index (χ1v) is 5.91. The Balaban J connectivity index is 2.20. The van der Waals surface area contributed by atoms with Crippen LogP contribution in [0.5, 0.6) is 0 Å². The molecule has 2 aromatic heterocycles. The average Bonchev–Trinajstić information content (AvgIpc) is 2.74. The molecule has 0 aliphatic carbocycles. The highest BCUT2D eigenvalue weighted by atomic mass is 15.2. The van der Waals surface area contributed by atoms with E-state index in [1.165, 1.54) is 0 Å². The molecule has 2 N–H and O–H groups in total. The molecule has 0 aromatic carbocycles. The number of nitrogens with two attached hydrogens (primary N) is 1. The summed E-state index contributed by atoms with van der Waals surface area (Å²) in [6.45, 7) is 2.69. The number of aryl methyl sites for hydroxylation is 2. The third kappa shape index (κ3) is 2.58. The fourth-order valence-corrected chi connectivity index (χ4v) is 1.70. The normalized spacial score (nSPS) is 10.6. The molecule has 0 amide bonds. The lowest BCUT2D eigenvalue weighted by atomic mass is 10.4. The van der Waals surface area contributed by atoms with Gasteiger partial charge in [-0.3, -0.25) is 0 Å². The molecule has 0 spiro atoms. The van der Waals surface area contributed by atoms with Gasteiger partial charge in [-0.1, -0.05) is 6.92 Å². The number of hydrogen-bond donors (Lipinski definition) is 1. The zero-order chi connectivity index (χ0) is 13.1. The number of nitrogens with zero attached hydrogens (tertiary/aromatic N) is 5. The summed E-state index contributed by atoms with van der Waals surface area (Å²) in [5.74, 6) is 3.07. The smallest absolute Gasteiger partial charge is 0.134 e. The summed E-state index contributed by atoms with van der Waals surface area (Å²) in [6, 6.07) is 1.78. The first kappa shape index (κ1) is 12.3. The third-order valence-electron chi connectivity index (χ3n) is 2.79. The van der Waals surface area contributed by atoms with E-state index >= 15 is 0 Å². The molecule has 0 radical (unpaired) electrons. The second kappa shape index (κ2) is 5.03. The molecule has 2 aromatic rings. The van der Waals surface area contributed by atoms with Gasteiger partial charge in [0, 0.05) is 39.0 Å². The Morgan fingerprint density at radius 1 is 1.39 bits per heavy atom. The Kier molecular flexibility index (Phi) is 3.45. The number of aromatic nitrogens is 4. The molecule has 0 saturated heterocycles. The first-order valence-electron chi connectivity index (χ1n) is 5.91. The summed E-state index contributed by atoms with van der Waals surface area (Å²) >= 11 is 0. The number of imidazole rings is 1. The minimum Gasteiger partial charge on any atom is -0.384 e. The predicted octanol–water partition coefficient (Wildman–Crippen LogP) is 0.991. The van der Waals surface area contributed by atoms with Crippen molar-refractivity contribution in [1.82, 2.24) is 19.5 Å². The molecule has 18 heavy (non-hydrogen) atoms. The van der Waals surface area contributed by atoms with Crippen molar-refractivity contribution in [3.63, 3.8) is 0 Å². The number of nitrogen functional groups attached to an aromatic ring is 1. The molecule has 96 valence electrons. The second-order valence-corrected chi connectivity index (χ2v) is 4.23. The van der Waals surface area contributed by atoms with Gasteiger partial charge in [0.05, 0.1) is 6.54 Å². The summed E-state index contributed by atoms with van der Waals surface area (Å²) in [5, 5.41) is 0. The number of anilines is 2. The van der Waals surface area contributed by atoms with Crippen LogP contribution < -0.4 is 10.6 Å². The highest BCUT2D eigenvalue weighted by Gasteiger charge is 2.09. The monoisotopic (exact) mass is 246 g/mol. The summed E-state index contributed by atoms with van der Waals surface area (Å²) < 4.78 is 1.99. The van der Waals surface area contributed by atoms with Crippen LogP contribution >= 0.6 is 0 Å². The van der Waals surface area contributed by atoms with E-state index in [0.717, 1.165) is 23.9 Å². The Hall–Kier alpha value is -2.11. The van der Waals surface area contributed by atoms with E-state index in [1.807, 2.05) is 36.7 Å². The molecule has 0 bridgehead atoms. The molecule has 2 rings (SSSR count). The quantitative estimate of drug-likeness (QED) is 0.871. The van der Waals surface area contributed by atoms with Crippen molar-refractivity contribution in [3.05, 3.63) is 30.1 Å². The van der Waals surface area contributed by atoms with Gasteiger partial charge < -0.3 is 15.2 Å². The van der Waals surface area contributed by atoms with Gasteiger partial charge in [-0.05, 0) is 0 Å². The van der Waals surface area contributed by atoms with Crippen LogP contribution in [0.2, 0.25) is 0 Å². The van der Waals surface area contributed by atoms with Gasteiger partial charge in [-0.2, -0.15) is 0 Å². The van der Waals surface area contributed by atoms with Crippen molar-refractivity contribution < 1.29 is 0 Å². The molecule has 6 heteroatoms. The molecule has 0 unspecified atom stereocenters. The van der Waals surface area contributed by atoms with Crippen LogP contribution in [0.25, 0.3) is 0 Å². The third-order valence-corrected chi connectivity index (χ3v) is 2.79. The lowest BCUT2D eigenvalue weighted by molar-refractivity contribution is 0.751. The Bertz CT molecular complexity index is 533. The maximum absolute atomic E-state index is 5.78. The SMILES string of the molecule is CCc1nc(N)cc(N(C)Cc2nccn2C)n1. The Morgan fingerprint density at radius 2 is 2.17 bits per heavy atom. The van der Waals surface area contributed by atoms with Crippen LogP contribution in [-0.2, 0) is 20.0 Å². The van der Waals surface area contributed by atoms with Gasteiger partial charge in [0.1, 0.15) is 23.3 Å². The van der Waals surface area contributed by atoms with Crippen molar-refractivity contribution in [2.24, 2.45) is 7.05 Å². The molecule has 0 atom stereocenters. The predicted molar refractivity (Wildman–Crippen MR) is 71.1 cm³/mol. The molecule has 0 saturated carbocycles. The van der Waals surface area contributed by atoms with Crippen molar-refractivity contribution in [2.75, 3.05) is 17.7 Å². The van der Waals surface area contributed by atoms with Crippen molar-refractivity contribution in [2.45, 2.75) is 19.9 Å². The van der Waals surface area contributed by atoms with E-state index in [9.17, 15) is 0 Å². The topological polar surface area (TPSA) is 72.9 Å². The molecule has 2 heterocycles. The van der Waals surface area contributed by atoms with Gasteiger partial charge in [-0.15, -0.1) is 0 Å². The van der Waals surface area contributed by atoms with Crippen molar-refractivity contribution in [3.8, 4) is 0 Å². The summed E-state index contributed by atoms with van der Waals surface area (Å²) in [4.78, 5) is 14.9. The standard InChI is InChI=1S/C12H18N6/c1-4-10-15-9(13)7-11(16-10)18(3)8-12-14-5-6-17(12)2/h5-7H,4,8H2,1-3H3,(H2,13,15,16). The van der Waals surface area contributed by atoms with Crippen LogP contribution in [0.4, 0.5) is 11.6 Å². The zero-order valence-electron chi connectivity index (χ0n) is 11.0. The summed E-state index contributed by atoms with van der Waals surface area (Å²) in [5.41, 5.74) is 5.78. The number of rotatable bonds is 4. The molecule has 6 nitrogen and oxygen atoms in total. The first-order chi connectivity index (χ1) is 8.60. The van der Waals surface area contributed by atoms with Gasteiger partial charge in [0.2, 0.25) is 0 Å². The molecular formula is C12H18N6. The van der Waals surface area contributed by atoms with Crippen LogP contribution in [0, 0.1) is 0 Å². The zero-order valence-corrected chi connectivity index (χ0v) is 11.0. The Labute approximate surface area is 106 Å². The van der Waals surface area contributed by atoms with Gasteiger partial charge in [-0.25, -0.2) is 15.0 Å². The van der Waals surface area contributed by atoms with Crippen LogP contribution in [0.1, 0.15) is 18.6 Å². The van der Waals surface area contributed by atoms with Gasteiger partial charge in [0.15, 0.2) is 0 Å². The summed E-state index contributed by atoms with van der Waals surface area (Å²) in [6.07, 6.45) is 4.48. The molecule has 0 aliphatic heterocycles. The second-order valence-electron chi connectivity index (χ2n) is 4.23. The average molecular weight is 246 g/mol. The highest BCUT2D eigenvalue weighted by molar-refractivity contribution is 5.46. The molecular weight excluding hydrogens is 228 g/mol. The highest BCUT2D eigenvalue weighted by Crippen LogP contribution is 2.14. The number of hydrogen-bond acceptors (Lipinski definition) is 5. The maximum Gasteiger partial charge on any atom is 0.134 e. The van der Waals surface area contributed by atoms with E-state index in [0.29, 0.717) is 12.4 Å². The molecule has 0 fully saturated rings. The van der Waals surface area contributed by atoms with Gasteiger partial charge >= 0.3 is 0 Å². The van der Waals surface area contributed by atoms with Crippen LogP contribution in [0.3, 0.4) is 0 Å². The van der Waals surface area contributed by atoms with Crippen LogP contribution in [-0.4, -0.2) is 26.6 Å². The van der Waals surface area contributed by atoms with Crippen molar-refractivity contribution >= 4 is 11.6 Å². The van der Waals surface area contributed by atoms with Crippen molar-refractivity contribution in [1.29, 1.82) is 0 Å². The fraction of sp³-hybridized carbons (Fsp3) is 0.417. The Morgan fingerprint density at radius 3 is 2.78 bits per heavy atom. The van der Waals surface area contributed by atoms with E-state index in [2.05, 4.69) is 15.0 Å². The molecule has 0 aliphatic rings. The van der Waals surface area contributed by atoms with E-state index in [-0.39, 0.29) is 0 Å². The lowest BCUT2D eigenvalue weighted by Crippen LogP contribution is -2.21. The lowest BCUT2D eigenvalue weighted by Gasteiger charge is -2.18. The minimum absolute atomic E-state index is 0.503. The maximum atomic E-state index is 5.78. The van der Waals surface area contributed by atoms with E-state index in [4.69, 9.17) is 5.73 Å². The van der Waals surface area contributed by atoms with Crippen LogP contribution in [0.15, 0.2) is 18.5 Å². The minimum atomic E-state index is 0.503. The largest absolute Gasteiger partial charge is 0.384 e. The fourth-order valence-electron chi connectivity index (χ4n) is 1.70. The van der Waals surface area contributed by atoms with E-state index in [1.54, 1.807) is 12.3 Å². The van der Waals surface area contributed by atoms with Gasteiger partial charge in [0.25, 0.3) is 0 Å².